The molecule has 1 heterocycles. The molecule has 3 amide bonds. The van der Waals surface area contributed by atoms with Crippen molar-refractivity contribution in [1.82, 2.24) is 10.2 Å². The lowest BCUT2D eigenvalue weighted by atomic mass is 10.1. The van der Waals surface area contributed by atoms with Crippen LogP contribution in [0.2, 0.25) is 0 Å². The minimum Gasteiger partial charge on any atom is -0.322 e. The third kappa shape index (κ3) is 2.02. The lowest BCUT2D eigenvalue weighted by Crippen LogP contribution is -2.30. The first kappa shape index (κ1) is 12.5. The van der Waals surface area contributed by atoms with E-state index in [0.29, 0.717) is 6.54 Å². The fourth-order valence-corrected chi connectivity index (χ4v) is 1.69. The van der Waals surface area contributed by atoms with Crippen molar-refractivity contribution in [3.05, 3.63) is 35.9 Å². The van der Waals surface area contributed by atoms with Gasteiger partial charge in [-0.15, -0.1) is 12.4 Å². The van der Waals surface area contributed by atoms with Crippen LogP contribution < -0.4 is 5.32 Å². The van der Waals surface area contributed by atoms with E-state index in [-0.39, 0.29) is 24.3 Å². The summed E-state index contributed by atoms with van der Waals surface area (Å²) in [6.07, 6.45) is 0. The van der Waals surface area contributed by atoms with E-state index in [1.165, 1.54) is 4.90 Å². The maximum Gasteiger partial charge on any atom is 0.325 e. The van der Waals surface area contributed by atoms with Crippen molar-refractivity contribution in [3.63, 3.8) is 0 Å². The van der Waals surface area contributed by atoms with E-state index in [2.05, 4.69) is 5.32 Å². The molecule has 0 radical (unpaired) electrons. The van der Waals surface area contributed by atoms with Crippen LogP contribution in [0.4, 0.5) is 4.79 Å². The highest BCUT2D eigenvalue weighted by Crippen LogP contribution is 2.20. The summed E-state index contributed by atoms with van der Waals surface area (Å²) in [5, 5.41) is 2.66. The number of likely N-dealkylation sites (N-methyl/N-ethyl adjacent to an activating group) is 1. The normalized spacial score (nSPS) is 19.3. The summed E-state index contributed by atoms with van der Waals surface area (Å²) in [5.41, 5.74) is 0.826. The summed E-state index contributed by atoms with van der Waals surface area (Å²) in [6.45, 7) is 2.19. The zero-order valence-electron chi connectivity index (χ0n) is 8.84. The highest BCUT2D eigenvalue weighted by atomic mass is 35.5. The van der Waals surface area contributed by atoms with Crippen LogP contribution in [-0.4, -0.2) is 23.4 Å². The number of carbonyl (C=O) groups is 2. The summed E-state index contributed by atoms with van der Waals surface area (Å²) >= 11 is 0. The van der Waals surface area contributed by atoms with Crippen molar-refractivity contribution in [2.45, 2.75) is 13.0 Å². The van der Waals surface area contributed by atoms with Crippen molar-refractivity contribution >= 4 is 24.3 Å². The second kappa shape index (κ2) is 4.99. The first-order chi connectivity index (χ1) is 7.24. The molecule has 1 aliphatic rings. The van der Waals surface area contributed by atoms with E-state index in [0.717, 1.165) is 5.56 Å². The summed E-state index contributed by atoms with van der Waals surface area (Å²) in [6, 6.07) is 8.43. The van der Waals surface area contributed by atoms with Crippen LogP contribution in [0.5, 0.6) is 0 Å². The number of rotatable bonds is 2. The lowest BCUT2D eigenvalue weighted by molar-refractivity contribution is -0.127. The Hall–Kier alpha value is -1.55. The Balaban J connectivity index is 0.00000128. The van der Waals surface area contributed by atoms with Crippen LogP contribution in [0.3, 0.4) is 0 Å². The second-order valence-corrected chi connectivity index (χ2v) is 3.38. The number of nitrogens with one attached hydrogen (secondary N) is 1. The van der Waals surface area contributed by atoms with Crippen molar-refractivity contribution in [1.29, 1.82) is 0 Å². The molecule has 0 aromatic heterocycles. The van der Waals surface area contributed by atoms with Crippen molar-refractivity contribution in [2.24, 2.45) is 0 Å². The first-order valence-electron chi connectivity index (χ1n) is 4.91. The molecule has 86 valence electrons. The largest absolute Gasteiger partial charge is 0.325 e. The third-order valence-electron chi connectivity index (χ3n) is 2.48. The molecule has 0 spiro atoms. The molecule has 2 rings (SSSR count). The second-order valence-electron chi connectivity index (χ2n) is 3.38. The molecule has 1 unspecified atom stereocenters. The Morgan fingerprint density at radius 3 is 2.38 bits per heavy atom. The van der Waals surface area contributed by atoms with Crippen LogP contribution >= 0.6 is 12.4 Å². The number of urea groups is 1. The van der Waals surface area contributed by atoms with E-state index in [1.807, 2.05) is 30.3 Å². The highest BCUT2D eigenvalue weighted by Gasteiger charge is 2.37. The fraction of sp³-hybridized carbons (Fsp3) is 0.273. The molecular weight excluding hydrogens is 228 g/mol. The van der Waals surface area contributed by atoms with Crippen LogP contribution in [0, 0.1) is 0 Å². The van der Waals surface area contributed by atoms with Crippen LogP contribution in [-0.2, 0) is 4.79 Å². The van der Waals surface area contributed by atoms with E-state index in [9.17, 15) is 9.59 Å². The van der Waals surface area contributed by atoms with Gasteiger partial charge in [-0.1, -0.05) is 30.3 Å². The van der Waals surface area contributed by atoms with Gasteiger partial charge in [0.1, 0.15) is 6.04 Å². The molecule has 0 saturated carbocycles. The number of amides is 3. The molecule has 1 fully saturated rings. The van der Waals surface area contributed by atoms with Gasteiger partial charge in [-0.3, -0.25) is 9.69 Å². The van der Waals surface area contributed by atoms with E-state index in [1.54, 1.807) is 6.92 Å². The highest BCUT2D eigenvalue weighted by molar-refractivity contribution is 6.04. The first-order valence-corrected chi connectivity index (χ1v) is 4.91. The summed E-state index contributed by atoms with van der Waals surface area (Å²) in [7, 11) is 0. The number of halogens is 1. The monoisotopic (exact) mass is 240 g/mol. The summed E-state index contributed by atoms with van der Waals surface area (Å²) in [4.78, 5) is 24.4. The van der Waals surface area contributed by atoms with E-state index < -0.39 is 6.04 Å². The SMILES string of the molecule is CCN1C(=O)NC(c2ccccc2)C1=O.Cl. The standard InChI is InChI=1S/C11H12N2O2.ClH/c1-2-13-10(14)9(12-11(13)15)8-6-4-3-5-7-8;/h3-7,9H,2H2,1H3,(H,12,15);1H. The number of benzene rings is 1. The van der Waals surface area contributed by atoms with Gasteiger partial charge < -0.3 is 5.32 Å². The smallest absolute Gasteiger partial charge is 0.322 e. The van der Waals surface area contributed by atoms with Gasteiger partial charge in [-0.05, 0) is 12.5 Å². The van der Waals surface area contributed by atoms with Crippen LogP contribution in [0.25, 0.3) is 0 Å². The number of hydrogen-bond acceptors (Lipinski definition) is 2. The molecule has 0 aliphatic carbocycles. The topological polar surface area (TPSA) is 49.4 Å². The molecule has 4 nitrogen and oxygen atoms in total. The molecule has 1 aliphatic heterocycles. The molecule has 1 saturated heterocycles. The van der Waals surface area contributed by atoms with Crippen LogP contribution in [0.1, 0.15) is 18.5 Å². The van der Waals surface area contributed by atoms with Gasteiger partial charge in [0.2, 0.25) is 0 Å². The van der Waals surface area contributed by atoms with E-state index in [4.69, 9.17) is 0 Å². The molecule has 16 heavy (non-hydrogen) atoms. The van der Waals surface area contributed by atoms with Crippen molar-refractivity contribution in [3.8, 4) is 0 Å². The van der Waals surface area contributed by atoms with Gasteiger partial charge in [0.25, 0.3) is 5.91 Å². The maximum absolute atomic E-state index is 11.8. The number of hydrogen-bond donors (Lipinski definition) is 1. The molecule has 1 aromatic carbocycles. The number of nitrogens with zero attached hydrogens (tertiary/aromatic N) is 1. The Morgan fingerprint density at radius 2 is 1.88 bits per heavy atom. The van der Waals surface area contributed by atoms with Gasteiger partial charge >= 0.3 is 6.03 Å². The molecule has 1 N–H and O–H groups in total. The summed E-state index contributed by atoms with van der Waals surface area (Å²) in [5.74, 6) is -0.172. The molecule has 1 atom stereocenters. The number of carbonyl (C=O) groups excluding carboxylic acids is 2. The van der Waals surface area contributed by atoms with Gasteiger partial charge in [0, 0.05) is 6.54 Å². The van der Waals surface area contributed by atoms with Gasteiger partial charge in [0.15, 0.2) is 0 Å². The zero-order chi connectivity index (χ0) is 10.8. The van der Waals surface area contributed by atoms with Crippen molar-refractivity contribution in [2.75, 3.05) is 6.54 Å². The predicted molar refractivity (Wildman–Crippen MR) is 62.3 cm³/mol. The molecule has 5 heteroatoms. The number of imide groups is 1. The Bertz CT molecular complexity index is 394. The maximum atomic E-state index is 11.8. The van der Waals surface area contributed by atoms with Gasteiger partial charge in [-0.2, -0.15) is 0 Å². The predicted octanol–water partition coefficient (Wildman–Crippen LogP) is 1.72. The zero-order valence-corrected chi connectivity index (χ0v) is 9.66. The lowest BCUT2D eigenvalue weighted by Gasteiger charge is -2.09. The molecular formula is C11H13ClN2O2. The quantitative estimate of drug-likeness (QED) is 0.801. The molecule has 1 aromatic rings. The Kier molecular flexibility index (Phi) is 3.90. The van der Waals surface area contributed by atoms with Crippen molar-refractivity contribution < 1.29 is 9.59 Å². The Labute approximate surface area is 100 Å². The third-order valence-corrected chi connectivity index (χ3v) is 2.48. The fourth-order valence-electron chi connectivity index (χ4n) is 1.69. The van der Waals surface area contributed by atoms with E-state index >= 15 is 0 Å². The molecule has 0 bridgehead atoms. The van der Waals surface area contributed by atoms with Crippen LogP contribution in [0.15, 0.2) is 30.3 Å². The van der Waals surface area contributed by atoms with Gasteiger partial charge in [-0.25, -0.2) is 4.79 Å². The summed E-state index contributed by atoms with van der Waals surface area (Å²) < 4.78 is 0. The minimum atomic E-state index is -0.515. The van der Waals surface area contributed by atoms with Gasteiger partial charge in [0.05, 0.1) is 0 Å². The minimum absolute atomic E-state index is 0. The average Bonchev–Trinajstić information content (AvgIpc) is 2.55. The average molecular weight is 241 g/mol. The Morgan fingerprint density at radius 1 is 1.25 bits per heavy atom.